The van der Waals surface area contributed by atoms with E-state index in [2.05, 4.69) is 32.2 Å². The second kappa shape index (κ2) is 6.49. The van der Waals surface area contributed by atoms with Crippen molar-refractivity contribution in [3.63, 3.8) is 0 Å². The predicted molar refractivity (Wildman–Crippen MR) is 108 cm³/mol. The maximum Gasteiger partial charge on any atom is 0.253 e. The van der Waals surface area contributed by atoms with Gasteiger partial charge in [-0.15, -0.1) is 10.2 Å². The van der Waals surface area contributed by atoms with Gasteiger partial charge in [-0.1, -0.05) is 30.3 Å². The summed E-state index contributed by atoms with van der Waals surface area (Å²) in [6.07, 6.45) is 0.670. The van der Waals surface area contributed by atoms with E-state index in [1.807, 2.05) is 30.3 Å². The SMILES string of the molecule is O=c1[nH]c2nnc(-c3ccccc3O)cc2c2c1CCN(c1ccccc1)C2. The fraction of sp³-hybridized carbons (Fsp3) is 0.136. The zero-order chi connectivity index (χ0) is 19.1. The van der Waals surface area contributed by atoms with Crippen LogP contribution in [0.2, 0.25) is 0 Å². The maximum atomic E-state index is 12.5. The largest absolute Gasteiger partial charge is 0.507 e. The summed E-state index contributed by atoms with van der Waals surface area (Å²) in [4.78, 5) is 17.7. The first-order valence-electron chi connectivity index (χ1n) is 9.20. The van der Waals surface area contributed by atoms with Crippen LogP contribution in [0.15, 0.2) is 65.5 Å². The lowest BCUT2D eigenvalue weighted by Gasteiger charge is -2.31. The highest BCUT2D eigenvalue weighted by atomic mass is 16.3. The van der Waals surface area contributed by atoms with Gasteiger partial charge in [0, 0.05) is 35.3 Å². The van der Waals surface area contributed by atoms with E-state index >= 15 is 0 Å². The molecule has 0 bridgehead atoms. The van der Waals surface area contributed by atoms with E-state index in [-0.39, 0.29) is 11.3 Å². The van der Waals surface area contributed by atoms with Crippen molar-refractivity contribution in [2.24, 2.45) is 0 Å². The Balaban J connectivity index is 1.67. The molecular weight excluding hydrogens is 352 g/mol. The van der Waals surface area contributed by atoms with Crippen LogP contribution in [0.4, 0.5) is 5.69 Å². The summed E-state index contributed by atoms with van der Waals surface area (Å²) in [5.74, 6) is 0.153. The molecule has 0 saturated heterocycles. The van der Waals surface area contributed by atoms with Gasteiger partial charge in [-0.3, -0.25) is 4.79 Å². The molecule has 4 aromatic rings. The van der Waals surface area contributed by atoms with Gasteiger partial charge >= 0.3 is 0 Å². The number of aromatic hydroxyl groups is 1. The number of hydrogen-bond donors (Lipinski definition) is 2. The minimum absolute atomic E-state index is 0.0974. The number of nitrogens with one attached hydrogen (secondary N) is 1. The van der Waals surface area contributed by atoms with E-state index in [0.29, 0.717) is 29.9 Å². The van der Waals surface area contributed by atoms with Crippen molar-refractivity contribution in [3.05, 3.63) is 82.1 Å². The first-order valence-corrected chi connectivity index (χ1v) is 9.20. The molecule has 1 aliphatic heterocycles. The average Bonchev–Trinajstić information content (AvgIpc) is 2.74. The van der Waals surface area contributed by atoms with Gasteiger partial charge in [0.25, 0.3) is 5.56 Å². The molecule has 0 fully saturated rings. The zero-order valence-corrected chi connectivity index (χ0v) is 15.1. The van der Waals surface area contributed by atoms with Crippen molar-refractivity contribution in [2.45, 2.75) is 13.0 Å². The number of aromatic nitrogens is 3. The molecule has 1 aliphatic rings. The number of H-pyrrole nitrogens is 1. The highest BCUT2D eigenvalue weighted by Crippen LogP contribution is 2.31. The second-order valence-electron chi connectivity index (χ2n) is 6.93. The molecule has 2 aromatic carbocycles. The van der Waals surface area contributed by atoms with Gasteiger partial charge in [-0.25, -0.2) is 0 Å². The summed E-state index contributed by atoms with van der Waals surface area (Å²) in [7, 11) is 0. The molecule has 138 valence electrons. The van der Waals surface area contributed by atoms with Crippen molar-refractivity contribution in [3.8, 4) is 17.0 Å². The molecule has 0 radical (unpaired) electrons. The number of aromatic amines is 1. The van der Waals surface area contributed by atoms with Crippen LogP contribution in [-0.4, -0.2) is 26.8 Å². The Labute approximate surface area is 161 Å². The Kier molecular flexibility index (Phi) is 3.83. The number of nitrogens with zero attached hydrogens (tertiary/aromatic N) is 3. The van der Waals surface area contributed by atoms with E-state index in [1.165, 1.54) is 0 Å². The van der Waals surface area contributed by atoms with Crippen LogP contribution < -0.4 is 10.5 Å². The molecule has 0 spiro atoms. The van der Waals surface area contributed by atoms with Gasteiger partial charge in [-0.05, 0) is 42.3 Å². The molecule has 0 unspecified atom stereocenters. The third kappa shape index (κ3) is 2.70. The maximum absolute atomic E-state index is 12.5. The summed E-state index contributed by atoms with van der Waals surface area (Å²) in [5.41, 5.74) is 4.47. The average molecular weight is 370 g/mol. The molecule has 6 heteroatoms. The van der Waals surface area contributed by atoms with Crippen molar-refractivity contribution >= 4 is 16.7 Å². The Morgan fingerprint density at radius 2 is 1.75 bits per heavy atom. The number of phenols is 1. The number of para-hydroxylation sites is 2. The summed E-state index contributed by atoms with van der Waals surface area (Å²) >= 11 is 0. The van der Waals surface area contributed by atoms with Gasteiger partial charge < -0.3 is 15.0 Å². The highest BCUT2D eigenvalue weighted by Gasteiger charge is 2.23. The van der Waals surface area contributed by atoms with Crippen molar-refractivity contribution in [1.29, 1.82) is 0 Å². The van der Waals surface area contributed by atoms with Crippen molar-refractivity contribution in [2.75, 3.05) is 11.4 Å². The second-order valence-corrected chi connectivity index (χ2v) is 6.93. The van der Waals surface area contributed by atoms with E-state index in [1.54, 1.807) is 18.2 Å². The van der Waals surface area contributed by atoms with E-state index in [4.69, 9.17) is 0 Å². The Hall–Kier alpha value is -3.67. The van der Waals surface area contributed by atoms with E-state index in [9.17, 15) is 9.90 Å². The van der Waals surface area contributed by atoms with Crippen LogP contribution in [0, 0.1) is 0 Å². The standard InChI is InChI=1S/C22H18N4O2/c27-20-9-5-4-8-16(20)19-12-17-18-13-26(14-6-2-1-3-7-14)11-10-15(18)22(28)23-21(17)25-24-19/h1-9,12,27H,10-11,13H2,(H,23,25,28). The molecule has 3 heterocycles. The van der Waals surface area contributed by atoms with Crippen molar-refractivity contribution in [1.82, 2.24) is 15.2 Å². The number of fused-ring (bicyclic) bond motifs is 3. The van der Waals surface area contributed by atoms with Gasteiger partial charge in [0.05, 0.1) is 5.69 Å². The first kappa shape index (κ1) is 16.5. The van der Waals surface area contributed by atoms with E-state index < -0.39 is 0 Å². The Morgan fingerprint density at radius 1 is 0.964 bits per heavy atom. The number of anilines is 1. The molecule has 2 aromatic heterocycles. The molecule has 0 saturated carbocycles. The predicted octanol–water partition coefficient (Wildman–Crippen LogP) is 3.25. The summed E-state index contributed by atoms with van der Waals surface area (Å²) in [5, 5.41) is 19.5. The molecule has 6 nitrogen and oxygen atoms in total. The quantitative estimate of drug-likeness (QED) is 0.566. The topological polar surface area (TPSA) is 82.1 Å². The highest BCUT2D eigenvalue weighted by molar-refractivity contribution is 5.84. The number of hydrogen-bond acceptors (Lipinski definition) is 5. The molecule has 0 atom stereocenters. The van der Waals surface area contributed by atoms with Crippen LogP contribution >= 0.6 is 0 Å². The molecule has 0 amide bonds. The third-order valence-corrected chi connectivity index (χ3v) is 5.27. The fourth-order valence-electron chi connectivity index (χ4n) is 3.84. The normalized spacial score (nSPS) is 13.5. The number of benzene rings is 2. The third-order valence-electron chi connectivity index (χ3n) is 5.27. The molecule has 2 N–H and O–H groups in total. The minimum atomic E-state index is -0.0974. The van der Waals surface area contributed by atoms with E-state index in [0.717, 1.165) is 28.7 Å². The fourth-order valence-corrected chi connectivity index (χ4v) is 3.84. The lowest BCUT2D eigenvalue weighted by atomic mass is 9.97. The molecular formula is C22H18N4O2. The van der Waals surface area contributed by atoms with Gasteiger partial charge in [0.2, 0.25) is 0 Å². The lowest BCUT2D eigenvalue weighted by molar-refractivity contribution is 0.477. The summed E-state index contributed by atoms with van der Waals surface area (Å²) in [6, 6.07) is 19.1. The number of phenolic OH excluding ortho intramolecular Hbond substituents is 1. The molecule has 5 rings (SSSR count). The van der Waals surface area contributed by atoms with Crippen LogP contribution in [0.5, 0.6) is 5.75 Å². The van der Waals surface area contributed by atoms with Gasteiger partial charge in [0.1, 0.15) is 5.75 Å². The van der Waals surface area contributed by atoms with Crippen molar-refractivity contribution < 1.29 is 5.11 Å². The van der Waals surface area contributed by atoms with Crippen LogP contribution in [-0.2, 0) is 13.0 Å². The Bertz CT molecular complexity index is 1230. The van der Waals surface area contributed by atoms with Gasteiger partial charge in [-0.2, -0.15) is 0 Å². The monoisotopic (exact) mass is 370 g/mol. The summed E-state index contributed by atoms with van der Waals surface area (Å²) in [6.45, 7) is 1.42. The number of pyridine rings is 1. The molecule has 0 aliphatic carbocycles. The first-order chi connectivity index (χ1) is 13.7. The Morgan fingerprint density at radius 3 is 2.57 bits per heavy atom. The minimum Gasteiger partial charge on any atom is -0.507 e. The smallest absolute Gasteiger partial charge is 0.253 e. The van der Waals surface area contributed by atoms with Crippen LogP contribution in [0.1, 0.15) is 11.1 Å². The molecule has 28 heavy (non-hydrogen) atoms. The van der Waals surface area contributed by atoms with Crippen LogP contribution in [0.25, 0.3) is 22.3 Å². The summed E-state index contributed by atoms with van der Waals surface area (Å²) < 4.78 is 0. The van der Waals surface area contributed by atoms with Gasteiger partial charge in [0.15, 0.2) is 5.65 Å². The lowest BCUT2D eigenvalue weighted by Crippen LogP contribution is -2.34. The number of rotatable bonds is 2. The van der Waals surface area contributed by atoms with Crippen LogP contribution in [0.3, 0.4) is 0 Å². The zero-order valence-electron chi connectivity index (χ0n) is 15.1.